The molecule has 1 aliphatic rings. The van der Waals surface area contributed by atoms with E-state index in [0.717, 1.165) is 17.7 Å². The molecule has 0 spiro atoms. The molecule has 1 aromatic heterocycles. The lowest BCUT2D eigenvalue weighted by atomic mass is 9.98. The second-order valence-corrected chi connectivity index (χ2v) is 4.45. The molecule has 3 rings (SSSR count). The van der Waals surface area contributed by atoms with Crippen LogP contribution in [-0.4, -0.2) is 21.4 Å². The summed E-state index contributed by atoms with van der Waals surface area (Å²) < 4.78 is 44.5. The van der Waals surface area contributed by atoms with Crippen molar-refractivity contribution >= 4 is 0 Å². The summed E-state index contributed by atoms with van der Waals surface area (Å²) in [6.45, 7) is 0.913. The van der Waals surface area contributed by atoms with Crippen molar-refractivity contribution in [1.29, 1.82) is 0 Å². The van der Waals surface area contributed by atoms with Gasteiger partial charge in [0.25, 0.3) is 0 Å². The van der Waals surface area contributed by atoms with Gasteiger partial charge in [-0.15, -0.1) is 0 Å². The van der Waals surface area contributed by atoms with E-state index in [-0.39, 0.29) is 0 Å². The summed E-state index contributed by atoms with van der Waals surface area (Å²) in [6, 6.07) is 5.04. The number of hydrogen-bond acceptors (Lipinski definition) is 3. The average molecular weight is 269 g/mol. The minimum absolute atomic E-state index is 0.443. The summed E-state index contributed by atoms with van der Waals surface area (Å²) in [7, 11) is 0. The molecule has 0 radical (unpaired) electrons. The SMILES string of the molecule is FC(F)(F)c1ccc(C2(Cn3cncn3)CO2)cc1. The van der Waals surface area contributed by atoms with Crippen LogP contribution in [0.2, 0.25) is 0 Å². The maximum absolute atomic E-state index is 12.5. The zero-order valence-electron chi connectivity index (χ0n) is 9.76. The number of epoxide rings is 1. The Labute approximate surface area is 106 Å². The van der Waals surface area contributed by atoms with Crippen LogP contribution in [0.3, 0.4) is 0 Å². The molecule has 19 heavy (non-hydrogen) atoms. The number of alkyl halides is 3. The van der Waals surface area contributed by atoms with E-state index in [4.69, 9.17) is 4.74 Å². The van der Waals surface area contributed by atoms with E-state index < -0.39 is 17.3 Å². The molecule has 2 aromatic rings. The van der Waals surface area contributed by atoms with Crippen molar-refractivity contribution in [2.45, 2.75) is 18.3 Å². The van der Waals surface area contributed by atoms with Gasteiger partial charge in [0.15, 0.2) is 0 Å². The maximum Gasteiger partial charge on any atom is 0.416 e. The van der Waals surface area contributed by atoms with Crippen LogP contribution in [0, 0.1) is 0 Å². The zero-order chi connectivity index (χ0) is 13.5. The summed E-state index contributed by atoms with van der Waals surface area (Å²) >= 11 is 0. The fourth-order valence-electron chi connectivity index (χ4n) is 1.98. The lowest BCUT2D eigenvalue weighted by molar-refractivity contribution is -0.137. The molecular formula is C12H10F3N3O. The molecule has 2 heterocycles. The van der Waals surface area contributed by atoms with E-state index in [0.29, 0.717) is 13.2 Å². The van der Waals surface area contributed by atoms with Crippen LogP contribution in [0.25, 0.3) is 0 Å². The molecule has 1 aromatic carbocycles. The molecule has 0 N–H and O–H groups in total. The predicted octanol–water partition coefficient (Wildman–Crippen LogP) is 2.22. The number of halogens is 3. The molecule has 0 saturated carbocycles. The van der Waals surface area contributed by atoms with Crippen LogP contribution in [-0.2, 0) is 23.1 Å². The van der Waals surface area contributed by atoms with E-state index in [2.05, 4.69) is 10.1 Å². The summed E-state index contributed by atoms with van der Waals surface area (Å²) in [5.74, 6) is 0. The second-order valence-electron chi connectivity index (χ2n) is 4.45. The highest BCUT2D eigenvalue weighted by Gasteiger charge is 2.47. The second kappa shape index (κ2) is 4.06. The quantitative estimate of drug-likeness (QED) is 0.802. The Morgan fingerprint density at radius 1 is 1.26 bits per heavy atom. The molecule has 1 fully saturated rings. The minimum Gasteiger partial charge on any atom is -0.362 e. The highest BCUT2D eigenvalue weighted by atomic mass is 19.4. The molecule has 100 valence electrons. The van der Waals surface area contributed by atoms with Crippen molar-refractivity contribution in [3.05, 3.63) is 48.0 Å². The molecule has 0 aliphatic carbocycles. The largest absolute Gasteiger partial charge is 0.416 e. The van der Waals surface area contributed by atoms with Crippen molar-refractivity contribution in [1.82, 2.24) is 14.8 Å². The first-order valence-electron chi connectivity index (χ1n) is 5.64. The van der Waals surface area contributed by atoms with E-state index in [1.54, 1.807) is 11.0 Å². The predicted molar refractivity (Wildman–Crippen MR) is 59.1 cm³/mol. The monoisotopic (exact) mass is 269 g/mol. The van der Waals surface area contributed by atoms with E-state index >= 15 is 0 Å². The number of aromatic nitrogens is 3. The Morgan fingerprint density at radius 3 is 2.42 bits per heavy atom. The zero-order valence-corrected chi connectivity index (χ0v) is 9.76. The topological polar surface area (TPSA) is 43.2 Å². The van der Waals surface area contributed by atoms with Crippen molar-refractivity contribution in [2.75, 3.05) is 6.61 Å². The molecule has 0 amide bonds. The van der Waals surface area contributed by atoms with Gasteiger partial charge in [0.05, 0.1) is 18.7 Å². The van der Waals surface area contributed by atoms with Gasteiger partial charge in [-0.1, -0.05) is 12.1 Å². The van der Waals surface area contributed by atoms with Gasteiger partial charge < -0.3 is 4.74 Å². The lowest BCUT2D eigenvalue weighted by Gasteiger charge is -2.13. The van der Waals surface area contributed by atoms with E-state index in [9.17, 15) is 13.2 Å². The third kappa shape index (κ3) is 2.33. The van der Waals surface area contributed by atoms with Gasteiger partial charge in [-0.3, -0.25) is 0 Å². The van der Waals surface area contributed by atoms with Gasteiger partial charge in [0.1, 0.15) is 18.3 Å². The third-order valence-corrected chi connectivity index (χ3v) is 3.12. The number of nitrogens with zero attached hydrogens (tertiary/aromatic N) is 3. The number of ether oxygens (including phenoxy) is 1. The molecule has 1 unspecified atom stereocenters. The molecule has 7 heteroatoms. The average Bonchev–Trinajstić information content (AvgIpc) is 2.96. The van der Waals surface area contributed by atoms with Gasteiger partial charge in [-0.2, -0.15) is 18.3 Å². The summed E-state index contributed by atoms with van der Waals surface area (Å²) in [5.41, 5.74) is -0.513. The lowest BCUT2D eigenvalue weighted by Crippen LogP contribution is -2.18. The fraction of sp³-hybridized carbons (Fsp3) is 0.333. The normalized spacial score (nSPS) is 22.5. The molecule has 1 aliphatic heterocycles. The number of rotatable bonds is 3. The minimum atomic E-state index is -4.32. The highest BCUT2D eigenvalue weighted by Crippen LogP contribution is 2.41. The van der Waals surface area contributed by atoms with Gasteiger partial charge >= 0.3 is 6.18 Å². The third-order valence-electron chi connectivity index (χ3n) is 3.12. The summed E-state index contributed by atoms with van der Waals surface area (Å²) in [5, 5.41) is 3.97. The van der Waals surface area contributed by atoms with Crippen LogP contribution in [0.15, 0.2) is 36.9 Å². The van der Waals surface area contributed by atoms with Gasteiger partial charge in [0.2, 0.25) is 0 Å². The molecule has 1 atom stereocenters. The van der Waals surface area contributed by atoms with Crippen LogP contribution >= 0.6 is 0 Å². The first-order chi connectivity index (χ1) is 9.00. The maximum atomic E-state index is 12.5. The van der Waals surface area contributed by atoms with Gasteiger partial charge in [-0.25, -0.2) is 9.67 Å². The van der Waals surface area contributed by atoms with Crippen LogP contribution < -0.4 is 0 Å². The fourth-order valence-corrected chi connectivity index (χ4v) is 1.98. The molecule has 0 bridgehead atoms. The Morgan fingerprint density at radius 2 is 1.95 bits per heavy atom. The summed E-state index contributed by atoms with van der Waals surface area (Å²) in [6.07, 6.45) is -1.36. The Hall–Kier alpha value is -1.89. The highest BCUT2D eigenvalue weighted by molar-refractivity contribution is 5.31. The van der Waals surface area contributed by atoms with Crippen molar-refractivity contribution in [2.24, 2.45) is 0 Å². The molecular weight excluding hydrogens is 259 g/mol. The standard InChI is InChI=1S/C12H10F3N3O/c13-12(14,15)10-3-1-9(2-4-10)11(6-19-11)5-18-8-16-7-17-18/h1-4,7-8H,5-6H2. The van der Waals surface area contributed by atoms with Crippen molar-refractivity contribution < 1.29 is 17.9 Å². The van der Waals surface area contributed by atoms with E-state index in [1.807, 2.05) is 0 Å². The van der Waals surface area contributed by atoms with Crippen molar-refractivity contribution in [3.8, 4) is 0 Å². The molecule has 4 nitrogen and oxygen atoms in total. The van der Waals surface area contributed by atoms with Crippen LogP contribution in [0.4, 0.5) is 13.2 Å². The molecule has 1 saturated heterocycles. The first kappa shape index (κ1) is 12.2. The Balaban J connectivity index is 1.82. The van der Waals surface area contributed by atoms with Crippen molar-refractivity contribution in [3.63, 3.8) is 0 Å². The number of hydrogen-bond donors (Lipinski definition) is 0. The smallest absolute Gasteiger partial charge is 0.362 e. The van der Waals surface area contributed by atoms with E-state index in [1.165, 1.54) is 18.5 Å². The van der Waals surface area contributed by atoms with Crippen LogP contribution in [0.5, 0.6) is 0 Å². The summed E-state index contributed by atoms with van der Waals surface area (Å²) in [4.78, 5) is 3.82. The van der Waals surface area contributed by atoms with Gasteiger partial charge in [-0.05, 0) is 17.7 Å². The first-order valence-corrected chi connectivity index (χ1v) is 5.64. The Kier molecular flexibility index (Phi) is 2.60. The Bertz CT molecular complexity index is 559. The van der Waals surface area contributed by atoms with Gasteiger partial charge in [0, 0.05) is 0 Å². The van der Waals surface area contributed by atoms with Crippen LogP contribution in [0.1, 0.15) is 11.1 Å². The number of benzene rings is 1.